The molecule has 0 radical (unpaired) electrons. The van der Waals surface area contributed by atoms with Crippen LogP contribution in [0.25, 0.3) is 0 Å². The van der Waals surface area contributed by atoms with Crippen LogP contribution < -0.4 is 29.9 Å². The fourth-order valence-corrected chi connectivity index (χ4v) is 11.4. The van der Waals surface area contributed by atoms with Gasteiger partial charge in [-0.1, -0.05) is 42.5 Å². The Labute approximate surface area is 351 Å². The van der Waals surface area contributed by atoms with E-state index in [1.54, 1.807) is 13.2 Å². The fraction of sp³-hybridized carbons (Fsp3) is 0.458. The molecular weight excluding hydrogens is 757 g/mol. The monoisotopic (exact) mass is 810 g/mol. The lowest BCUT2D eigenvalue weighted by Gasteiger charge is -2.54. The Bertz CT molecular complexity index is 2290. The van der Waals surface area contributed by atoms with E-state index in [9.17, 15) is 19.5 Å². The second-order valence-electron chi connectivity index (χ2n) is 18.0. The number of rotatable bonds is 8. The number of piperidine rings is 2. The minimum Gasteiger partial charge on any atom is -0.508 e. The van der Waals surface area contributed by atoms with Crippen LogP contribution in [0, 0.1) is 11.3 Å². The number of aromatic hydroxyl groups is 1. The molecule has 1 spiro atoms. The van der Waals surface area contributed by atoms with E-state index in [1.807, 2.05) is 18.2 Å². The van der Waals surface area contributed by atoms with Gasteiger partial charge in [-0.2, -0.15) is 0 Å². The number of anilines is 2. The van der Waals surface area contributed by atoms with Crippen molar-refractivity contribution in [2.24, 2.45) is 11.3 Å². The van der Waals surface area contributed by atoms with Gasteiger partial charge in [-0.3, -0.25) is 24.6 Å². The van der Waals surface area contributed by atoms with E-state index in [4.69, 9.17) is 9.47 Å². The van der Waals surface area contributed by atoms with Gasteiger partial charge in [0, 0.05) is 68.9 Å². The van der Waals surface area contributed by atoms with Gasteiger partial charge >= 0.3 is 0 Å². The highest BCUT2D eigenvalue weighted by Crippen LogP contribution is 2.54. The van der Waals surface area contributed by atoms with Crippen LogP contribution in [0.4, 0.5) is 11.4 Å². The average molecular weight is 811 g/mol. The average Bonchev–Trinajstić information content (AvgIpc) is 3.26. The third-order valence-electron chi connectivity index (χ3n) is 14.4. The maximum Gasteiger partial charge on any atom is 0.270 e. The molecule has 12 nitrogen and oxygen atoms in total. The Kier molecular flexibility index (Phi) is 10.1. The Balaban J connectivity index is 0.732. The molecule has 12 heteroatoms. The van der Waals surface area contributed by atoms with Crippen molar-refractivity contribution in [1.29, 1.82) is 0 Å². The number of hydrogen-bond donors (Lipinski definition) is 3. The fourth-order valence-electron chi connectivity index (χ4n) is 11.4. The molecular formula is C48H54N6O6. The molecule has 0 unspecified atom stereocenters. The molecule has 312 valence electrons. The predicted molar refractivity (Wildman–Crippen MR) is 228 cm³/mol. The van der Waals surface area contributed by atoms with Crippen LogP contribution in [0.15, 0.2) is 78.9 Å². The zero-order chi connectivity index (χ0) is 41.0. The number of benzene rings is 3. The largest absolute Gasteiger partial charge is 0.508 e. The zero-order valence-corrected chi connectivity index (χ0v) is 34.3. The molecule has 3 aromatic carbocycles. The summed E-state index contributed by atoms with van der Waals surface area (Å²) in [4.78, 5) is 48.6. The van der Waals surface area contributed by atoms with Crippen molar-refractivity contribution >= 4 is 29.1 Å². The SMILES string of the molecule is COc1cc(N2CCC3(CC2)CC(CN2CCN4c5ccc(C(=O)N[C@H]6CCC(=O)NC6=O)nc5OC[C@@H]4C2)C3)ccc1[C@@H]1c2ccc(O)cc2CC[C@@H]1c1ccccc1. The van der Waals surface area contributed by atoms with Gasteiger partial charge in [-0.15, -0.1) is 0 Å². The number of ether oxygens (including phenoxy) is 2. The number of piperazine rings is 1. The number of phenolic OH excluding ortho intramolecular Hbond substituents is 1. The Hall–Kier alpha value is -5.62. The number of fused-ring (bicyclic) bond motifs is 4. The first-order valence-corrected chi connectivity index (χ1v) is 21.8. The highest BCUT2D eigenvalue weighted by molar-refractivity contribution is 6.03. The lowest BCUT2D eigenvalue weighted by Crippen LogP contribution is -2.59. The number of aromatic nitrogens is 1. The molecule has 6 aliphatic rings. The summed E-state index contributed by atoms with van der Waals surface area (Å²) in [6.45, 7) is 6.53. The van der Waals surface area contributed by atoms with E-state index in [1.165, 1.54) is 53.6 Å². The zero-order valence-electron chi connectivity index (χ0n) is 34.3. The van der Waals surface area contributed by atoms with Gasteiger partial charge in [-0.05, 0) is 109 Å². The molecule has 10 rings (SSSR count). The molecule has 5 heterocycles. The third-order valence-corrected chi connectivity index (χ3v) is 14.4. The first kappa shape index (κ1) is 38.6. The van der Waals surface area contributed by atoms with Crippen LogP contribution in [0.1, 0.15) is 89.5 Å². The molecule has 1 saturated carbocycles. The summed E-state index contributed by atoms with van der Waals surface area (Å²) in [6.07, 6.45) is 7.44. The second kappa shape index (κ2) is 15.8. The summed E-state index contributed by atoms with van der Waals surface area (Å²) >= 11 is 0. The van der Waals surface area contributed by atoms with E-state index < -0.39 is 17.9 Å². The van der Waals surface area contributed by atoms with Crippen molar-refractivity contribution in [3.63, 3.8) is 0 Å². The van der Waals surface area contributed by atoms with E-state index in [0.29, 0.717) is 35.5 Å². The van der Waals surface area contributed by atoms with Crippen molar-refractivity contribution in [3.8, 4) is 17.4 Å². The van der Waals surface area contributed by atoms with Crippen LogP contribution >= 0.6 is 0 Å². The number of imide groups is 1. The topological polar surface area (TPSA) is 137 Å². The Morgan fingerprint density at radius 3 is 2.57 bits per heavy atom. The number of hydrogen-bond acceptors (Lipinski definition) is 10. The second-order valence-corrected chi connectivity index (χ2v) is 18.0. The van der Waals surface area contributed by atoms with Crippen LogP contribution in [0.5, 0.6) is 17.4 Å². The number of carbonyl (C=O) groups excluding carboxylic acids is 3. The van der Waals surface area contributed by atoms with Crippen molar-refractivity contribution in [3.05, 3.63) is 107 Å². The lowest BCUT2D eigenvalue weighted by molar-refractivity contribution is -0.134. The number of methoxy groups -OCH3 is 1. The van der Waals surface area contributed by atoms with Crippen LogP contribution in [-0.2, 0) is 16.0 Å². The van der Waals surface area contributed by atoms with Crippen molar-refractivity contribution in [2.75, 3.05) is 62.8 Å². The van der Waals surface area contributed by atoms with E-state index in [0.717, 1.165) is 63.5 Å². The predicted octanol–water partition coefficient (Wildman–Crippen LogP) is 5.77. The summed E-state index contributed by atoms with van der Waals surface area (Å²) in [5.41, 5.74) is 7.82. The third kappa shape index (κ3) is 7.33. The number of nitrogens with zero attached hydrogens (tertiary/aromatic N) is 4. The summed E-state index contributed by atoms with van der Waals surface area (Å²) < 4.78 is 12.3. The van der Waals surface area contributed by atoms with Crippen molar-refractivity contribution in [1.82, 2.24) is 20.5 Å². The standard InChI is InChI=1S/C48H54N6O6/c1-59-42-24-33(8-11-38(42)44-36(31-5-3-2-4-6-31)10-7-32-23-35(55)9-12-37(32)44)53-19-17-48(18-20-53)25-30(26-48)27-52-21-22-54-34(28-52)29-60-47-41(54)15-13-40(50-47)45(57)49-39-14-16-43(56)51-46(39)58/h2-6,8-9,11-13,15,23-24,30,34,36,39,44,55H,7,10,14,16-22,25-29H2,1H3,(H,49,57)(H,51,56,58)/t34-,36+,39-,44-/m0/s1. The first-order valence-electron chi connectivity index (χ1n) is 21.8. The van der Waals surface area contributed by atoms with Crippen LogP contribution in [0.2, 0.25) is 0 Å². The molecule has 4 aliphatic heterocycles. The Morgan fingerprint density at radius 2 is 1.77 bits per heavy atom. The van der Waals surface area contributed by atoms with Gasteiger partial charge in [0.15, 0.2) is 0 Å². The first-order chi connectivity index (χ1) is 29.2. The molecule has 1 aromatic heterocycles. The number of aryl methyl sites for hydroxylation is 1. The number of phenols is 1. The number of nitrogens with one attached hydrogen (secondary N) is 2. The van der Waals surface area contributed by atoms with Gasteiger partial charge < -0.3 is 29.7 Å². The van der Waals surface area contributed by atoms with E-state index in [-0.39, 0.29) is 36.4 Å². The van der Waals surface area contributed by atoms with Gasteiger partial charge in [0.2, 0.25) is 17.7 Å². The molecule has 2 aliphatic carbocycles. The van der Waals surface area contributed by atoms with E-state index in [2.05, 4.69) is 84.9 Å². The van der Waals surface area contributed by atoms with Gasteiger partial charge in [0.05, 0.1) is 13.2 Å². The normalized spacial score (nSPS) is 24.9. The molecule has 60 heavy (non-hydrogen) atoms. The molecule has 3 N–H and O–H groups in total. The molecule has 3 saturated heterocycles. The minimum absolute atomic E-state index is 0.140. The molecule has 4 fully saturated rings. The summed E-state index contributed by atoms with van der Waals surface area (Å²) in [5, 5.41) is 15.3. The van der Waals surface area contributed by atoms with Gasteiger partial charge in [0.1, 0.15) is 35.5 Å². The quantitative estimate of drug-likeness (QED) is 0.188. The summed E-state index contributed by atoms with van der Waals surface area (Å²) in [7, 11) is 1.80. The number of amides is 3. The van der Waals surface area contributed by atoms with Crippen LogP contribution in [-0.4, -0.2) is 97.8 Å². The molecule has 4 aromatic rings. The molecule has 3 amide bonds. The lowest BCUT2D eigenvalue weighted by atomic mass is 9.57. The maximum absolute atomic E-state index is 12.9. The highest BCUT2D eigenvalue weighted by Gasteiger charge is 2.47. The highest BCUT2D eigenvalue weighted by atomic mass is 16.5. The molecule has 0 bridgehead atoms. The number of carbonyl (C=O) groups is 3. The smallest absolute Gasteiger partial charge is 0.270 e. The van der Waals surface area contributed by atoms with Gasteiger partial charge in [-0.25, -0.2) is 4.98 Å². The van der Waals surface area contributed by atoms with Gasteiger partial charge in [0.25, 0.3) is 5.91 Å². The summed E-state index contributed by atoms with van der Waals surface area (Å²) in [6, 6.07) is 26.7. The summed E-state index contributed by atoms with van der Waals surface area (Å²) in [5.74, 6) is 1.63. The van der Waals surface area contributed by atoms with Crippen molar-refractivity contribution < 1.29 is 29.0 Å². The number of pyridine rings is 1. The van der Waals surface area contributed by atoms with Crippen LogP contribution in [0.3, 0.4) is 0 Å². The van der Waals surface area contributed by atoms with Crippen molar-refractivity contribution in [2.45, 2.75) is 75.3 Å². The minimum atomic E-state index is -0.753. The molecule has 4 atom stereocenters. The van der Waals surface area contributed by atoms with E-state index >= 15 is 0 Å². The maximum atomic E-state index is 12.9. The Morgan fingerprint density at radius 1 is 0.950 bits per heavy atom.